The summed E-state index contributed by atoms with van der Waals surface area (Å²) in [5, 5.41) is 0. The van der Waals surface area contributed by atoms with Crippen LogP contribution in [0.1, 0.15) is 6.42 Å². The van der Waals surface area contributed by atoms with E-state index in [2.05, 4.69) is 0 Å². The van der Waals surface area contributed by atoms with Gasteiger partial charge >= 0.3 is 11.9 Å². The highest BCUT2D eigenvalue weighted by atomic mass is 16.5. The molecule has 0 aromatic carbocycles. The van der Waals surface area contributed by atoms with Gasteiger partial charge in [0.1, 0.15) is 0 Å². The fourth-order valence-corrected chi connectivity index (χ4v) is 8.93. The minimum absolute atomic E-state index is 0.237. The van der Waals surface area contributed by atoms with E-state index in [4.69, 9.17) is 9.47 Å². The van der Waals surface area contributed by atoms with Crippen LogP contribution in [0.4, 0.5) is 0 Å². The smallest absolute Gasteiger partial charge is 0.323 e. The normalized spacial score (nSPS) is 63.1. The minimum atomic E-state index is -0.939. The molecule has 4 bridgehead atoms. The van der Waals surface area contributed by atoms with E-state index in [1.54, 1.807) is 0 Å². The van der Waals surface area contributed by atoms with Gasteiger partial charge in [0.15, 0.2) is 5.41 Å². The van der Waals surface area contributed by atoms with E-state index in [0.29, 0.717) is 23.7 Å². The summed E-state index contributed by atoms with van der Waals surface area (Å²) in [6.45, 7) is 0. The van der Waals surface area contributed by atoms with Crippen molar-refractivity contribution in [3.05, 3.63) is 0 Å². The van der Waals surface area contributed by atoms with E-state index >= 15 is 0 Å². The van der Waals surface area contributed by atoms with E-state index < -0.39 is 5.41 Å². The topological polar surface area (TPSA) is 52.6 Å². The van der Waals surface area contributed by atoms with E-state index in [0.717, 1.165) is 23.7 Å². The Balaban J connectivity index is 1.62. The van der Waals surface area contributed by atoms with Crippen LogP contribution in [-0.4, -0.2) is 26.2 Å². The van der Waals surface area contributed by atoms with Crippen LogP contribution < -0.4 is 0 Å². The van der Waals surface area contributed by atoms with Gasteiger partial charge in [0, 0.05) is 0 Å². The number of carbonyl (C=O) groups excluding carboxylic acids is 2. The summed E-state index contributed by atoms with van der Waals surface area (Å²) in [6, 6.07) is 0. The third kappa shape index (κ3) is 0.626. The molecule has 8 unspecified atom stereocenters. The van der Waals surface area contributed by atoms with Crippen LogP contribution >= 0.6 is 0 Å². The summed E-state index contributed by atoms with van der Waals surface area (Å²) in [6.07, 6.45) is 1.38. The summed E-state index contributed by atoms with van der Waals surface area (Å²) >= 11 is 0. The summed E-state index contributed by atoms with van der Waals surface area (Å²) in [4.78, 5) is 25.3. The second-order valence-electron chi connectivity index (χ2n) is 7.93. The Morgan fingerprint density at radius 1 is 0.800 bits per heavy atom. The molecule has 0 saturated heterocycles. The number of hydrogen-bond donors (Lipinski definition) is 0. The van der Waals surface area contributed by atoms with Crippen LogP contribution in [0.25, 0.3) is 0 Å². The van der Waals surface area contributed by atoms with Gasteiger partial charge in [0.05, 0.1) is 14.2 Å². The number of hydrogen-bond acceptors (Lipinski definition) is 4. The molecule has 7 saturated carbocycles. The fraction of sp³-hybridized carbons (Fsp3) is 0.875. The molecule has 7 rings (SSSR count). The Labute approximate surface area is 117 Å². The van der Waals surface area contributed by atoms with E-state index in [-0.39, 0.29) is 23.8 Å². The van der Waals surface area contributed by atoms with Gasteiger partial charge in [-0.3, -0.25) is 9.59 Å². The monoisotopic (exact) mass is 274 g/mol. The van der Waals surface area contributed by atoms with E-state index in [1.165, 1.54) is 20.6 Å². The maximum Gasteiger partial charge on any atom is 0.323 e. The SMILES string of the molecule is COC(=O)C1(C(=O)OC)C2C3C4C5C3[C@H]3C[C@@H]5C(C23)C41. The highest BCUT2D eigenvalue weighted by molar-refractivity contribution is 6.02. The number of rotatable bonds is 2. The molecule has 4 nitrogen and oxygen atoms in total. The zero-order valence-electron chi connectivity index (χ0n) is 11.6. The van der Waals surface area contributed by atoms with E-state index in [9.17, 15) is 9.59 Å². The van der Waals surface area contributed by atoms with Crippen molar-refractivity contribution in [2.24, 2.45) is 64.6 Å². The van der Waals surface area contributed by atoms with Crippen LogP contribution in [0.15, 0.2) is 0 Å². The maximum atomic E-state index is 12.6. The average Bonchev–Trinajstić information content (AvgIpc) is 3.08. The summed E-state index contributed by atoms with van der Waals surface area (Å²) in [5.74, 6) is 5.64. The van der Waals surface area contributed by atoms with E-state index in [1.807, 2.05) is 0 Å². The predicted molar refractivity (Wildman–Crippen MR) is 66.0 cm³/mol. The Kier molecular flexibility index (Phi) is 1.42. The average molecular weight is 274 g/mol. The molecule has 0 amide bonds. The second kappa shape index (κ2) is 2.67. The van der Waals surface area contributed by atoms with Gasteiger partial charge in [-0.2, -0.15) is 0 Å². The number of ether oxygens (including phenoxy) is 2. The molecule has 0 spiro atoms. The third-order valence-corrected chi connectivity index (χ3v) is 8.50. The highest BCUT2D eigenvalue weighted by Crippen LogP contribution is 2.94. The van der Waals surface area contributed by atoms with Crippen molar-refractivity contribution in [1.82, 2.24) is 0 Å². The van der Waals surface area contributed by atoms with Gasteiger partial charge in [0.25, 0.3) is 0 Å². The van der Waals surface area contributed by atoms with Crippen LogP contribution in [0, 0.1) is 64.6 Å². The van der Waals surface area contributed by atoms with Gasteiger partial charge in [-0.05, 0) is 65.6 Å². The van der Waals surface area contributed by atoms with Gasteiger partial charge < -0.3 is 9.47 Å². The van der Waals surface area contributed by atoms with Crippen LogP contribution in [0.3, 0.4) is 0 Å². The minimum Gasteiger partial charge on any atom is -0.468 e. The molecule has 4 heteroatoms. The molecule has 20 heavy (non-hydrogen) atoms. The Hall–Kier alpha value is -1.06. The first-order chi connectivity index (χ1) is 9.69. The summed E-state index contributed by atoms with van der Waals surface area (Å²) in [7, 11) is 2.84. The van der Waals surface area contributed by atoms with Crippen molar-refractivity contribution in [1.29, 1.82) is 0 Å². The number of methoxy groups -OCH3 is 2. The zero-order chi connectivity index (χ0) is 13.5. The maximum absolute atomic E-state index is 12.6. The molecule has 10 atom stereocenters. The van der Waals surface area contributed by atoms with Crippen molar-refractivity contribution in [2.45, 2.75) is 6.42 Å². The number of carbonyl (C=O) groups is 2. The van der Waals surface area contributed by atoms with Crippen molar-refractivity contribution in [3.63, 3.8) is 0 Å². The standard InChI is InChI=1S/C16H18O4/c1-19-14(17)16(15(18)20-2)12-8-4-3-5-7-6(4)10(12)11(7)13(16)9(5)8/h4-13H,3H2,1-2H3/t4-,5+,6?,7?,8?,9?,10?,11?,12?,13?. The molecular formula is C16H18O4. The Bertz CT molecular complexity index is 529. The van der Waals surface area contributed by atoms with Crippen LogP contribution in [0.2, 0.25) is 0 Å². The zero-order valence-corrected chi connectivity index (χ0v) is 11.6. The summed E-state index contributed by atoms with van der Waals surface area (Å²) in [5.41, 5.74) is -0.939. The lowest BCUT2D eigenvalue weighted by atomic mass is 9.60. The largest absolute Gasteiger partial charge is 0.468 e. The lowest BCUT2D eigenvalue weighted by molar-refractivity contribution is -0.174. The first-order valence-corrected chi connectivity index (χ1v) is 7.86. The molecule has 106 valence electrons. The van der Waals surface area contributed by atoms with Crippen LogP contribution in [-0.2, 0) is 19.1 Å². The molecule has 0 aromatic heterocycles. The molecule has 0 radical (unpaired) electrons. The van der Waals surface area contributed by atoms with Gasteiger partial charge in [-0.1, -0.05) is 0 Å². The first kappa shape index (κ1) is 10.6. The molecule has 7 aliphatic carbocycles. The molecule has 0 aliphatic heterocycles. The number of esters is 2. The van der Waals surface area contributed by atoms with Crippen molar-refractivity contribution in [3.8, 4) is 0 Å². The molecular weight excluding hydrogens is 256 g/mol. The molecule has 7 fully saturated rings. The quantitative estimate of drug-likeness (QED) is 0.556. The Morgan fingerprint density at radius 2 is 1.25 bits per heavy atom. The lowest BCUT2D eigenvalue weighted by Crippen LogP contribution is -2.46. The van der Waals surface area contributed by atoms with Crippen molar-refractivity contribution in [2.75, 3.05) is 14.2 Å². The lowest BCUT2D eigenvalue weighted by Gasteiger charge is -2.44. The predicted octanol–water partition coefficient (Wildman–Crippen LogP) is 0.952. The van der Waals surface area contributed by atoms with Gasteiger partial charge in [-0.25, -0.2) is 0 Å². The second-order valence-corrected chi connectivity index (χ2v) is 7.93. The van der Waals surface area contributed by atoms with Crippen molar-refractivity contribution >= 4 is 11.9 Å². The Morgan fingerprint density at radius 3 is 1.65 bits per heavy atom. The molecule has 0 heterocycles. The molecule has 0 N–H and O–H groups in total. The molecule has 0 aromatic rings. The van der Waals surface area contributed by atoms with Crippen molar-refractivity contribution < 1.29 is 19.1 Å². The first-order valence-electron chi connectivity index (χ1n) is 7.86. The van der Waals surface area contributed by atoms with Crippen LogP contribution in [0.5, 0.6) is 0 Å². The van der Waals surface area contributed by atoms with Gasteiger partial charge in [0.2, 0.25) is 0 Å². The third-order valence-electron chi connectivity index (χ3n) is 8.50. The summed E-state index contributed by atoms with van der Waals surface area (Å²) < 4.78 is 10.2. The molecule has 7 aliphatic rings. The van der Waals surface area contributed by atoms with Gasteiger partial charge in [-0.15, -0.1) is 0 Å². The fourth-order valence-electron chi connectivity index (χ4n) is 8.93. The highest BCUT2D eigenvalue weighted by Gasteiger charge is 2.95.